The van der Waals surface area contributed by atoms with Crippen molar-refractivity contribution in [2.45, 2.75) is 63.6 Å². The standard InChI is InChI=1S/C14H23NOS/c1-11(14(16)13-9-6-10-17-13)15-12-7-4-2-3-5-8-12/h6,9-12,14-16H,2-5,7-8H2,1H3. The number of hydrogen-bond acceptors (Lipinski definition) is 3. The van der Waals surface area contributed by atoms with Gasteiger partial charge in [-0.2, -0.15) is 0 Å². The van der Waals surface area contributed by atoms with Gasteiger partial charge in [0.25, 0.3) is 0 Å². The van der Waals surface area contributed by atoms with E-state index < -0.39 is 0 Å². The molecule has 0 saturated heterocycles. The van der Waals surface area contributed by atoms with Crippen LogP contribution in [-0.2, 0) is 0 Å². The number of thiophene rings is 1. The first kappa shape index (κ1) is 13.1. The maximum Gasteiger partial charge on any atom is 0.103 e. The first-order valence-electron chi connectivity index (χ1n) is 6.75. The van der Waals surface area contributed by atoms with E-state index in [2.05, 4.69) is 12.2 Å². The summed E-state index contributed by atoms with van der Waals surface area (Å²) in [6.45, 7) is 2.09. The van der Waals surface area contributed by atoms with E-state index in [0.717, 1.165) is 4.88 Å². The van der Waals surface area contributed by atoms with Crippen LogP contribution in [0.15, 0.2) is 17.5 Å². The van der Waals surface area contributed by atoms with E-state index in [4.69, 9.17) is 0 Å². The molecular formula is C14H23NOS. The highest BCUT2D eigenvalue weighted by Crippen LogP contribution is 2.24. The lowest BCUT2D eigenvalue weighted by molar-refractivity contribution is 0.131. The Balaban J connectivity index is 1.85. The van der Waals surface area contributed by atoms with Crippen molar-refractivity contribution < 1.29 is 5.11 Å². The molecule has 2 nitrogen and oxygen atoms in total. The van der Waals surface area contributed by atoms with Gasteiger partial charge in [0.15, 0.2) is 0 Å². The zero-order chi connectivity index (χ0) is 12.1. The summed E-state index contributed by atoms with van der Waals surface area (Å²) in [6, 6.07) is 4.77. The molecule has 0 spiro atoms. The molecule has 1 aromatic heterocycles. The minimum Gasteiger partial charge on any atom is -0.386 e. The van der Waals surface area contributed by atoms with Gasteiger partial charge in [0.2, 0.25) is 0 Å². The van der Waals surface area contributed by atoms with Gasteiger partial charge in [-0.1, -0.05) is 31.7 Å². The van der Waals surface area contributed by atoms with Gasteiger partial charge in [-0.05, 0) is 31.2 Å². The highest BCUT2D eigenvalue weighted by atomic mass is 32.1. The van der Waals surface area contributed by atoms with E-state index in [1.165, 1.54) is 38.5 Å². The lowest BCUT2D eigenvalue weighted by Crippen LogP contribution is -2.39. The van der Waals surface area contributed by atoms with E-state index in [0.29, 0.717) is 6.04 Å². The third-order valence-corrected chi connectivity index (χ3v) is 4.61. The van der Waals surface area contributed by atoms with Gasteiger partial charge in [-0.15, -0.1) is 11.3 Å². The molecule has 2 unspecified atom stereocenters. The molecule has 17 heavy (non-hydrogen) atoms. The monoisotopic (exact) mass is 253 g/mol. The molecular weight excluding hydrogens is 230 g/mol. The molecule has 3 heteroatoms. The van der Waals surface area contributed by atoms with Crippen LogP contribution in [0.2, 0.25) is 0 Å². The lowest BCUT2D eigenvalue weighted by atomic mass is 10.1. The third kappa shape index (κ3) is 3.80. The fraction of sp³-hybridized carbons (Fsp3) is 0.714. The fourth-order valence-corrected chi connectivity index (χ4v) is 3.43. The summed E-state index contributed by atoms with van der Waals surface area (Å²) in [5, 5.41) is 15.9. The van der Waals surface area contributed by atoms with Gasteiger partial charge in [-0.25, -0.2) is 0 Å². The molecule has 0 amide bonds. The Morgan fingerprint density at radius 2 is 2.00 bits per heavy atom. The van der Waals surface area contributed by atoms with Crippen LogP contribution < -0.4 is 5.32 Å². The largest absolute Gasteiger partial charge is 0.386 e. The summed E-state index contributed by atoms with van der Waals surface area (Å²) >= 11 is 1.64. The fourth-order valence-electron chi connectivity index (χ4n) is 2.61. The molecule has 96 valence electrons. The van der Waals surface area contributed by atoms with Gasteiger partial charge in [0.05, 0.1) is 0 Å². The average Bonchev–Trinajstić information content (AvgIpc) is 2.74. The van der Waals surface area contributed by atoms with Gasteiger partial charge in [-0.3, -0.25) is 0 Å². The number of aliphatic hydroxyl groups is 1. The van der Waals surface area contributed by atoms with Crippen LogP contribution in [0.3, 0.4) is 0 Å². The van der Waals surface area contributed by atoms with Crippen molar-refractivity contribution in [1.29, 1.82) is 0 Å². The lowest BCUT2D eigenvalue weighted by Gasteiger charge is -2.25. The van der Waals surface area contributed by atoms with Crippen molar-refractivity contribution in [1.82, 2.24) is 5.32 Å². The van der Waals surface area contributed by atoms with Crippen molar-refractivity contribution in [2.75, 3.05) is 0 Å². The Bertz CT molecular complexity index is 304. The molecule has 0 bridgehead atoms. The number of nitrogens with one attached hydrogen (secondary N) is 1. The van der Waals surface area contributed by atoms with Crippen LogP contribution in [0.1, 0.15) is 56.4 Å². The molecule has 1 aliphatic carbocycles. The molecule has 1 heterocycles. The Hall–Kier alpha value is -0.380. The predicted molar refractivity (Wildman–Crippen MR) is 73.4 cm³/mol. The molecule has 2 N–H and O–H groups in total. The summed E-state index contributed by atoms with van der Waals surface area (Å²) in [5.41, 5.74) is 0. The normalized spacial score (nSPS) is 22.0. The number of rotatable bonds is 4. The smallest absolute Gasteiger partial charge is 0.103 e. The Morgan fingerprint density at radius 1 is 1.29 bits per heavy atom. The van der Waals surface area contributed by atoms with Crippen LogP contribution in [0.25, 0.3) is 0 Å². The maximum absolute atomic E-state index is 10.2. The minimum absolute atomic E-state index is 0.150. The van der Waals surface area contributed by atoms with Crippen LogP contribution in [0.4, 0.5) is 0 Å². The Labute approximate surface area is 108 Å². The molecule has 1 fully saturated rings. The van der Waals surface area contributed by atoms with Crippen molar-refractivity contribution in [3.05, 3.63) is 22.4 Å². The van der Waals surface area contributed by atoms with Gasteiger partial charge < -0.3 is 10.4 Å². The second-order valence-corrected chi connectivity index (χ2v) is 6.08. The summed E-state index contributed by atoms with van der Waals surface area (Å²) < 4.78 is 0. The molecule has 0 aliphatic heterocycles. The van der Waals surface area contributed by atoms with E-state index in [1.807, 2.05) is 17.5 Å². The van der Waals surface area contributed by atoms with Gasteiger partial charge >= 0.3 is 0 Å². The van der Waals surface area contributed by atoms with Crippen molar-refractivity contribution in [3.63, 3.8) is 0 Å². The summed E-state index contributed by atoms with van der Waals surface area (Å²) in [6.07, 6.45) is 7.58. The number of aliphatic hydroxyl groups excluding tert-OH is 1. The quantitative estimate of drug-likeness (QED) is 0.805. The first-order valence-corrected chi connectivity index (χ1v) is 7.63. The van der Waals surface area contributed by atoms with Crippen molar-refractivity contribution in [2.24, 2.45) is 0 Å². The van der Waals surface area contributed by atoms with Crippen LogP contribution in [-0.4, -0.2) is 17.2 Å². The molecule has 1 aromatic rings. The SMILES string of the molecule is CC(NC1CCCCCC1)C(O)c1cccs1. The van der Waals surface area contributed by atoms with Crippen LogP contribution in [0, 0.1) is 0 Å². The molecule has 0 radical (unpaired) electrons. The molecule has 1 saturated carbocycles. The molecule has 0 aromatic carbocycles. The highest BCUT2D eigenvalue weighted by Gasteiger charge is 2.21. The zero-order valence-electron chi connectivity index (χ0n) is 10.6. The highest BCUT2D eigenvalue weighted by molar-refractivity contribution is 7.10. The summed E-state index contributed by atoms with van der Waals surface area (Å²) in [5.74, 6) is 0. The van der Waals surface area contributed by atoms with Gasteiger partial charge in [0, 0.05) is 17.0 Å². The van der Waals surface area contributed by atoms with E-state index >= 15 is 0 Å². The zero-order valence-corrected chi connectivity index (χ0v) is 11.4. The predicted octanol–water partition coefficient (Wildman–Crippen LogP) is 3.48. The average molecular weight is 253 g/mol. The van der Waals surface area contributed by atoms with E-state index in [1.54, 1.807) is 11.3 Å². The Kier molecular flexibility index (Phi) is 5.01. The molecule has 1 aliphatic rings. The Morgan fingerprint density at radius 3 is 2.59 bits per heavy atom. The third-order valence-electron chi connectivity index (χ3n) is 3.66. The second-order valence-electron chi connectivity index (χ2n) is 5.10. The van der Waals surface area contributed by atoms with Crippen LogP contribution in [0.5, 0.6) is 0 Å². The van der Waals surface area contributed by atoms with Crippen LogP contribution >= 0.6 is 11.3 Å². The minimum atomic E-state index is -0.363. The first-order chi connectivity index (χ1) is 8.27. The van der Waals surface area contributed by atoms with E-state index in [-0.39, 0.29) is 12.1 Å². The van der Waals surface area contributed by atoms with Crippen molar-refractivity contribution in [3.8, 4) is 0 Å². The number of hydrogen-bond donors (Lipinski definition) is 2. The van der Waals surface area contributed by atoms with Gasteiger partial charge in [0.1, 0.15) is 6.10 Å². The van der Waals surface area contributed by atoms with E-state index in [9.17, 15) is 5.11 Å². The summed E-state index contributed by atoms with van der Waals surface area (Å²) in [4.78, 5) is 1.07. The second kappa shape index (κ2) is 6.53. The molecule has 2 rings (SSSR count). The summed E-state index contributed by atoms with van der Waals surface area (Å²) in [7, 11) is 0. The maximum atomic E-state index is 10.2. The van der Waals surface area contributed by atoms with Crippen molar-refractivity contribution >= 4 is 11.3 Å². The topological polar surface area (TPSA) is 32.3 Å². The molecule has 2 atom stereocenters.